The molecule has 0 saturated heterocycles. The van der Waals surface area contributed by atoms with E-state index in [-0.39, 0.29) is 12.8 Å². The standard InChI is InChI=1S/C11H17F2NO4/c1-10(2,3)18-9(17)14-6-4-11(5-6,7(12)13)8(15)16/h6-7H,4-5H2,1-3H3,(H,14,17)(H,15,16). The summed E-state index contributed by atoms with van der Waals surface area (Å²) in [5, 5.41) is 11.1. The van der Waals surface area contributed by atoms with Crippen molar-refractivity contribution in [2.24, 2.45) is 5.41 Å². The topological polar surface area (TPSA) is 75.6 Å². The molecule has 0 aromatic carbocycles. The number of ether oxygens (including phenoxy) is 1. The van der Waals surface area contributed by atoms with Gasteiger partial charge in [0.15, 0.2) is 0 Å². The van der Waals surface area contributed by atoms with Crippen LogP contribution in [0.25, 0.3) is 0 Å². The van der Waals surface area contributed by atoms with Gasteiger partial charge >= 0.3 is 12.1 Å². The van der Waals surface area contributed by atoms with E-state index in [9.17, 15) is 18.4 Å². The molecular weight excluding hydrogens is 248 g/mol. The summed E-state index contributed by atoms with van der Waals surface area (Å²) in [4.78, 5) is 22.1. The van der Waals surface area contributed by atoms with Gasteiger partial charge in [0.1, 0.15) is 11.0 Å². The molecular formula is C11H17F2NO4. The maximum Gasteiger partial charge on any atom is 0.407 e. The predicted octanol–water partition coefficient (Wildman–Crippen LogP) is 2.01. The van der Waals surface area contributed by atoms with Crippen molar-refractivity contribution in [3.63, 3.8) is 0 Å². The van der Waals surface area contributed by atoms with Gasteiger partial charge in [-0.3, -0.25) is 4.79 Å². The van der Waals surface area contributed by atoms with E-state index in [0.717, 1.165) is 0 Å². The van der Waals surface area contributed by atoms with Crippen LogP contribution in [0.4, 0.5) is 13.6 Å². The molecule has 1 aliphatic carbocycles. The minimum absolute atomic E-state index is 0.279. The Morgan fingerprint density at radius 2 is 1.89 bits per heavy atom. The third-order valence-electron chi connectivity index (χ3n) is 2.79. The molecule has 0 heterocycles. The van der Waals surface area contributed by atoms with Gasteiger partial charge in [-0.1, -0.05) is 0 Å². The molecule has 0 unspecified atom stereocenters. The number of carbonyl (C=O) groups is 2. The lowest BCUT2D eigenvalue weighted by Gasteiger charge is -2.43. The van der Waals surface area contributed by atoms with E-state index in [1.165, 1.54) is 0 Å². The fraction of sp³-hybridized carbons (Fsp3) is 0.818. The van der Waals surface area contributed by atoms with Crippen molar-refractivity contribution in [1.29, 1.82) is 0 Å². The highest BCUT2D eigenvalue weighted by Crippen LogP contribution is 2.46. The number of rotatable bonds is 3. The van der Waals surface area contributed by atoms with Crippen LogP contribution < -0.4 is 5.32 Å². The maximum absolute atomic E-state index is 12.6. The monoisotopic (exact) mass is 265 g/mol. The lowest BCUT2D eigenvalue weighted by Crippen LogP contribution is -2.58. The van der Waals surface area contributed by atoms with Crippen molar-refractivity contribution in [1.82, 2.24) is 5.32 Å². The highest BCUT2D eigenvalue weighted by Gasteiger charge is 2.57. The van der Waals surface area contributed by atoms with Gasteiger partial charge in [-0.15, -0.1) is 0 Å². The summed E-state index contributed by atoms with van der Waals surface area (Å²) in [5.74, 6) is -1.53. The molecule has 104 valence electrons. The zero-order valence-corrected chi connectivity index (χ0v) is 10.5. The molecule has 0 bridgehead atoms. The van der Waals surface area contributed by atoms with Crippen molar-refractivity contribution in [3.05, 3.63) is 0 Å². The summed E-state index contributed by atoms with van der Waals surface area (Å²) in [5.41, 5.74) is -2.71. The highest BCUT2D eigenvalue weighted by molar-refractivity contribution is 5.77. The van der Waals surface area contributed by atoms with Crippen molar-refractivity contribution < 1.29 is 28.2 Å². The first kappa shape index (κ1) is 14.7. The van der Waals surface area contributed by atoms with Crippen LogP contribution in [-0.2, 0) is 9.53 Å². The van der Waals surface area contributed by atoms with Crippen molar-refractivity contribution in [3.8, 4) is 0 Å². The largest absolute Gasteiger partial charge is 0.481 e. The van der Waals surface area contributed by atoms with Crippen molar-refractivity contribution in [2.75, 3.05) is 0 Å². The Kier molecular flexibility index (Phi) is 3.83. The summed E-state index contributed by atoms with van der Waals surface area (Å²) < 4.78 is 30.2. The number of alkyl halides is 2. The Morgan fingerprint density at radius 3 is 2.22 bits per heavy atom. The molecule has 0 atom stereocenters. The van der Waals surface area contributed by atoms with E-state index in [1.807, 2.05) is 0 Å². The van der Waals surface area contributed by atoms with Crippen LogP contribution in [0.1, 0.15) is 33.6 Å². The van der Waals surface area contributed by atoms with Crippen LogP contribution in [0.5, 0.6) is 0 Å². The quantitative estimate of drug-likeness (QED) is 0.818. The normalized spacial score (nSPS) is 27.6. The maximum atomic E-state index is 12.6. The number of halogens is 2. The number of carboxylic acid groups (broad SMARTS) is 1. The Morgan fingerprint density at radius 1 is 1.39 bits per heavy atom. The van der Waals surface area contributed by atoms with Crippen LogP contribution in [0.3, 0.4) is 0 Å². The van der Waals surface area contributed by atoms with E-state index >= 15 is 0 Å². The van der Waals surface area contributed by atoms with Crippen LogP contribution in [0.15, 0.2) is 0 Å². The first-order valence-corrected chi connectivity index (χ1v) is 5.58. The highest BCUT2D eigenvalue weighted by atomic mass is 19.3. The molecule has 1 amide bonds. The van der Waals surface area contributed by atoms with Crippen LogP contribution >= 0.6 is 0 Å². The molecule has 1 aliphatic rings. The lowest BCUT2D eigenvalue weighted by atomic mass is 9.65. The molecule has 1 fully saturated rings. The summed E-state index contributed by atoms with van der Waals surface area (Å²) >= 11 is 0. The molecule has 0 aliphatic heterocycles. The van der Waals surface area contributed by atoms with E-state index in [1.54, 1.807) is 20.8 Å². The average molecular weight is 265 g/mol. The number of carboxylic acids is 1. The minimum Gasteiger partial charge on any atom is -0.481 e. The second-order valence-corrected chi connectivity index (χ2v) is 5.51. The fourth-order valence-corrected chi connectivity index (χ4v) is 1.84. The molecule has 2 N–H and O–H groups in total. The van der Waals surface area contributed by atoms with Gasteiger partial charge in [0, 0.05) is 6.04 Å². The summed E-state index contributed by atoms with van der Waals surface area (Å²) in [6.07, 6.45) is -4.22. The average Bonchev–Trinajstić information content (AvgIpc) is 2.05. The third-order valence-corrected chi connectivity index (χ3v) is 2.79. The molecule has 0 aromatic rings. The SMILES string of the molecule is CC(C)(C)OC(=O)NC1CC(C(=O)O)(C(F)F)C1. The van der Waals surface area contributed by atoms with Gasteiger partial charge < -0.3 is 15.2 Å². The number of alkyl carbamates (subject to hydrolysis) is 1. The Hall–Kier alpha value is -1.40. The second-order valence-electron chi connectivity index (χ2n) is 5.51. The van der Waals surface area contributed by atoms with Gasteiger partial charge in [-0.2, -0.15) is 0 Å². The molecule has 5 nitrogen and oxygen atoms in total. The third kappa shape index (κ3) is 3.08. The first-order chi connectivity index (χ1) is 8.07. The number of carbonyl (C=O) groups excluding carboxylic acids is 1. The number of amides is 1. The summed E-state index contributed by atoms with van der Waals surface area (Å²) in [6, 6.07) is -0.579. The summed E-state index contributed by atoms with van der Waals surface area (Å²) in [7, 11) is 0. The molecule has 0 aromatic heterocycles. The minimum atomic E-state index is -2.94. The van der Waals surface area contributed by atoms with E-state index < -0.39 is 35.5 Å². The molecule has 0 radical (unpaired) electrons. The van der Waals surface area contributed by atoms with Crippen LogP contribution in [0, 0.1) is 5.41 Å². The molecule has 1 rings (SSSR count). The molecule has 0 spiro atoms. The summed E-state index contributed by atoms with van der Waals surface area (Å²) in [6.45, 7) is 5.02. The van der Waals surface area contributed by atoms with Gasteiger partial charge in [-0.05, 0) is 33.6 Å². The van der Waals surface area contributed by atoms with Gasteiger partial charge in [0.2, 0.25) is 0 Å². The fourth-order valence-electron chi connectivity index (χ4n) is 1.84. The zero-order chi connectivity index (χ0) is 14.1. The van der Waals surface area contributed by atoms with Crippen molar-refractivity contribution in [2.45, 2.75) is 51.7 Å². The van der Waals surface area contributed by atoms with Gasteiger partial charge in [0.25, 0.3) is 6.43 Å². The van der Waals surface area contributed by atoms with Crippen molar-refractivity contribution >= 4 is 12.1 Å². The lowest BCUT2D eigenvalue weighted by molar-refractivity contribution is -0.172. The Labute approximate surface area is 103 Å². The first-order valence-electron chi connectivity index (χ1n) is 5.58. The number of nitrogens with one attached hydrogen (secondary N) is 1. The van der Waals surface area contributed by atoms with Crippen LogP contribution in [-0.4, -0.2) is 35.2 Å². The smallest absolute Gasteiger partial charge is 0.407 e. The van der Waals surface area contributed by atoms with Crippen LogP contribution in [0.2, 0.25) is 0 Å². The van der Waals surface area contributed by atoms with Gasteiger partial charge in [-0.25, -0.2) is 13.6 Å². The molecule has 7 heteroatoms. The van der Waals surface area contributed by atoms with Gasteiger partial charge in [0.05, 0.1) is 0 Å². The Bertz CT molecular complexity index is 345. The van der Waals surface area contributed by atoms with E-state index in [0.29, 0.717) is 0 Å². The molecule has 18 heavy (non-hydrogen) atoms. The van der Waals surface area contributed by atoms with E-state index in [2.05, 4.69) is 5.32 Å². The number of hydrogen-bond donors (Lipinski definition) is 2. The zero-order valence-electron chi connectivity index (χ0n) is 10.5. The Balaban J connectivity index is 2.47. The second kappa shape index (κ2) is 4.70. The van der Waals surface area contributed by atoms with E-state index in [4.69, 9.17) is 9.84 Å². The molecule has 1 saturated carbocycles. The number of hydrogen-bond acceptors (Lipinski definition) is 3. The number of aliphatic carboxylic acids is 1. The predicted molar refractivity (Wildman–Crippen MR) is 58.5 cm³/mol.